The van der Waals surface area contributed by atoms with Crippen LogP contribution in [0.3, 0.4) is 0 Å². The number of aromatic carboxylic acids is 1. The highest BCUT2D eigenvalue weighted by Gasteiger charge is 2.07. The summed E-state index contributed by atoms with van der Waals surface area (Å²) in [6.07, 6.45) is 2.54. The molecule has 0 spiro atoms. The molecule has 0 saturated heterocycles. The number of nitro benzene ring substituents is 1. The largest absolute Gasteiger partial charge is 0.545 e. The first-order valence-corrected chi connectivity index (χ1v) is 7.62. The lowest BCUT2D eigenvalue weighted by molar-refractivity contribution is -0.384. The zero-order valence-electron chi connectivity index (χ0n) is 13.2. The van der Waals surface area contributed by atoms with E-state index in [-0.39, 0.29) is 22.1 Å². The van der Waals surface area contributed by atoms with Gasteiger partial charge in [-0.05, 0) is 29.9 Å². The monoisotopic (exact) mass is 370 g/mol. The lowest BCUT2D eigenvalue weighted by atomic mass is 10.2. The van der Waals surface area contributed by atoms with Crippen molar-refractivity contribution in [1.29, 1.82) is 0 Å². The molecule has 0 aliphatic rings. The minimum Gasteiger partial charge on any atom is -0.545 e. The Bertz CT molecular complexity index is 911. The molecule has 8 nitrogen and oxygen atoms in total. The lowest BCUT2D eigenvalue weighted by Gasteiger charge is -2.13. The number of anilines is 1. The Labute approximate surface area is 153 Å². The van der Waals surface area contributed by atoms with Gasteiger partial charge >= 0.3 is 0 Å². The fourth-order valence-corrected chi connectivity index (χ4v) is 2.20. The van der Waals surface area contributed by atoms with Crippen LogP contribution in [0, 0.1) is 10.1 Å². The van der Waals surface area contributed by atoms with Gasteiger partial charge in [0.1, 0.15) is 0 Å². The van der Waals surface area contributed by atoms with Crippen molar-refractivity contribution >= 4 is 46.7 Å². The van der Waals surface area contributed by atoms with Crippen LogP contribution >= 0.6 is 12.2 Å². The van der Waals surface area contributed by atoms with E-state index in [9.17, 15) is 24.8 Å². The normalized spacial score (nSPS) is 10.3. The average Bonchev–Trinajstić information content (AvgIpc) is 2.60. The molecule has 2 N–H and O–H groups in total. The molecular weight excluding hydrogens is 358 g/mol. The van der Waals surface area contributed by atoms with E-state index in [0.717, 1.165) is 6.08 Å². The smallest absolute Gasteiger partial charge is 0.270 e. The predicted molar refractivity (Wildman–Crippen MR) is 97.3 cm³/mol. The van der Waals surface area contributed by atoms with Crippen molar-refractivity contribution in [2.75, 3.05) is 5.32 Å². The van der Waals surface area contributed by atoms with Crippen LogP contribution in [-0.4, -0.2) is 21.9 Å². The Kier molecular flexibility index (Phi) is 6.12. The van der Waals surface area contributed by atoms with Crippen molar-refractivity contribution in [3.8, 4) is 0 Å². The van der Waals surface area contributed by atoms with Crippen molar-refractivity contribution in [3.05, 3.63) is 75.8 Å². The summed E-state index contributed by atoms with van der Waals surface area (Å²) in [5.74, 6) is -1.97. The number of carboxylic acids is 1. The van der Waals surface area contributed by atoms with Crippen LogP contribution in [0.1, 0.15) is 15.9 Å². The molecule has 2 aromatic rings. The molecule has 0 bridgehead atoms. The maximum atomic E-state index is 11.9. The van der Waals surface area contributed by atoms with Gasteiger partial charge in [0.15, 0.2) is 5.11 Å². The zero-order chi connectivity index (χ0) is 19.1. The second-order valence-corrected chi connectivity index (χ2v) is 5.37. The second kappa shape index (κ2) is 8.49. The quantitative estimate of drug-likeness (QED) is 0.353. The molecule has 0 fully saturated rings. The van der Waals surface area contributed by atoms with Crippen LogP contribution in [-0.2, 0) is 4.79 Å². The first kappa shape index (κ1) is 18.7. The van der Waals surface area contributed by atoms with Gasteiger partial charge in [-0.15, -0.1) is 0 Å². The molecule has 0 radical (unpaired) electrons. The third kappa shape index (κ3) is 5.21. The molecule has 0 aliphatic carbocycles. The van der Waals surface area contributed by atoms with Crippen LogP contribution in [0.4, 0.5) is 11.4 Å². The summed E-state index contributed by atoms with van der Waals surface area (Å²) in [6.45, 7) is 0. The Morgan fingerprint density at radius 3 is 2.54 bits per heavy atom. The minimum absolute atomic E-state index is 0.0939. The fourth-order valence-electron chi connectivity index (χ4n) is 1.99. The number of nitro groups is 1. The standard InChI is InChI=1S/C17H13N3O5S/c21-15(9-8-11-4-3-5-12(10-11)20(24)25)19-17(26)18-14-7-2-1-6-13(14)16(22)23/h1-10H,(H,22,23)(H2,18,19,21,26)/p-1/b9-8+. The molecule has 26 heavy (non-hydrogen) atoms. The second-order valence-electron chi connectivity index (χ2n) is 4.96. The summed E-state index contributed by atoms with van der Waals surface area (Å²) in [7, 11) is 0. The van der Waals surface area contributed by atoms with Gasteiger partial charge in [0, 0.05) is 29.5 Å². The summed E-state index contributed by atoms with van der Waals surface area (Å²) in [5.41, 5.74) is 0.454. The van der Waals surface area contributed by atoms with Gasteiger partial charge in [-0.25, -0.2) is 0 Å². The number of para-hydroxylation sites is 1. The maximum absolute atomic E-state index is 11.9. The number of carbonyl (C=O) groups excluding carboxylic acids is 2. The van der Waals surface area contributed by atoms with Crippen LogP contribution in [0.25, 0.3) is 6.08 Å². The van der Waals surface area contributed by atoms with Crippen molar-refractivity contribution in [2.45, 2.75) is 0 Å². The Morgan fingerprint density at radius 2 is 1.85 bits per heavy atom. The summed E-state index contributed by atoms with van der Waals surface area (Å²) >= 11 is 4.96. The number of thiocarbonyl (C=S) groups is 1. The number of nitrogens with zero attached hydrogens (tertiary/aromatic N) is 1. The Morgan fingerprint density at radius 1 is 1.12 bits per heavy atom. The summed E-state index contributed by atoms with van der Waals surface area (Å²) in [5, 5.41) is 26.6. The molecule has 1 amide bonds. The highest BCUT2D eigenvalue weighted by Crippen LogP contribution is 2.15. The van der Waals surface area contributed by atoms with Crippen molar-refractivity contribution in [2.24, 2.45) is 0 Å². The van der Waals surface area contributed by atoms with Crippen LogP contribution in [0.5, 0.6) is 0 Å². The van der Waals surface area contributed by atoms with E-state index in [2.05, 4.69) is 10.6 Å². The van der Waals surface area contributed by atoms with Gasteiger partial charge in [0.2, 0.25) is 5.91 Å². The number of hydrogen-bond acceptors (Lipinski definition) is 6. The van der Waals surface area contributed by atoms with Crippen LogP contribution in [0.15, 0.2) is 54.6 Å². The number of hydrogen-bond donors (Lipinski definition) is 2. The molecule has 2 aromatic carbocycles. The molecule has 2 rings (SSSR count). The fraction of sp³-hybridized carbons (Fsp3) is 0. The van der Waals surface area contributed by atoms with E-state index in [4.69, 9.17) is 12.2 Å². The van der Waals surface area contributed by atoms with Crippen molar-refractivity contribution in [3.63, 3.8) is 0 Å². The van der Waals surface area contributed by atoms with Crippen molar-refractivity contribution < 1.29 is 19.6 Å². The van der Waals surface area contributed by atoms with E-state index in [1.165, 1.54) is 42.5 Å². The van der Waals surface area contributed by atoms with E-state index < -0.39 is 16.8 Å². The number of nitrogens with one attached hydrogen (secondary N) is 2. The number of amides is 1. The topological polar surface area (TPSA) is 124 Å². The first-order valence-electron chi connectivity index (χ1n) is 7.21. The van der Waals surface area contributed by atoms with Gasteiger partial charge in [-0.1, -0.05) is 30.3 Å². The lowest BCUT2D eigenvalue weighted by Crippen LogP contribution is -2.34. The third-order valence-electron chi connectivity index (χ3n) is 3.14. The van der Waals surface area contributed by atoms with E-state index >= 15 is 0 Å². The molecular formula is C17H12N3O5S-. The first-order chi connectivity index (χ1) is 12.4. The summed E-state index contributed by atoms with van der Waals surface area (Å²) in [4.78, 5) is 33.1. The number of non-ortho nitro benzene ring substituents is 1. The maximum Gasteiger partial charge on any atom is 0.270 e. The molecule has 132 valence electrons. The Balaban J connectivity index is 1.99. The molecule has 0 saturated carbocycles. The summed E-state index contributed by atoms with van der Waals surface area (Å²) in [6, 6.07) is 11.7. The molecule has 0 aliphatic heterocycles. The molecule has 9 heteroatoms. The van der Waals surface area contributed by atoms with Gasteiger partial charge < -0.3 is 15.2 Å². The number of rotatable bonds is 5. The predicted octanol–water partition coefficient (Wildman–Crippen LogP) is 1.48. The minimum atomic E-state index is -1.38. The SMILES string of the molecule is O=C(/C=C/c1cccc([N+](=O)[O-])c1)NC(=S)Nc1ccccc1C(=O)[O-]. The number of carbonyl (C=O) groups is 2. The van der Waals surface area contributed by atoms with Crippen LogP contribution < -0.4 is 15.7 Å². The highest BCUT2D eigenvalue weighted by molar-refractivity contribution is 7.80. The number of benzene rings is 2. The highest BCUT2D eigenvalue weighted by atomic mass is 32.1. The van der Waals surface area contributed by atoms with E-state index in [0.29, 0.717) is 5.56 Å². The molecule has 0 unspecified atom stereocenters. The average molecular weight is 370 g/mol. The summed E-state index contributed by atoms with van der Waals surface area (Å²) < 4.78 is 0. The zero-order valence-corrected chi connectivity index (χ0v) is 14.0. The van der Waals surface area contributed by atoms with Gasteiger partial charge in [0.25, 0.3) is 5.69 Å². The van der Waals surface area contributed by atoms with Crippen LogP contribution in [0.2, 0.25) is 0 Å². The molecule has 0 aromatic heterocycles. The van der Waals surface area contributed by atoms with Gasteiger partial charge in [-0.3, -0.25) is 20.2 Å². The van der Waals surface area contributed by atoms with E-state index in [1.54, 1.807) is 12.1 Å². The molecule has 0 atom stereocenters. The Hall–Kier alpha value is -3.59. The van der Waals surface area contributed by atoms with E-state index in [1.807, 2.05) is 0 Å². The molecule has 0 heterocycles. The third-order valence-corrected chi connectivity index (χ3v) is 3.34. The van der Waals surface area contributed by atoms with Gasteiger partial charge in [-0.2, -0.15) is 0 Å². The van der Waals surface area contributed by atoms with Crippen molar-refractivity contribution in [1.82, 2.24) is 5.32 Å². The van der Waals surface area contributed by atoms with Gasteiger partial charge in [0.05, 0.1) is 10.9 Å². The number of carboxylic acid groups (broad SMARTS) is 1.